The zero-order valence-corrected chi connectivity index (χ0v) is 22.4. The fourth-order valence-corrected chi connectivity index (χ4v) is 6.84. The molecule has 5 aromatic rings. The van der Waals surface area contributed by atoms with Crippen LogP contribution >= 0.6 is 39.0 Å². The summed E-state index contributed by atoms with van der Waals surface area (Å²) in [6.07, 6.45) is 1.98. The first-order chi connectivity index (χ1) is 17.0. The van der Waals surface area contributed by atoms with Crippen LogP contribution in [-0.2, 0) is 10.5 Å². The number of thioether (sulfide) groups is 1. The van der Waals surface area contributed by atoms with Gasteiger partial charge in [0.15, 0.2) is 0 Å². The van der Waals surface area contributed by atoms with Gasteiger partial charge in [-0.2, -0.15) is 0 Å². The number of ketones is 1. The van der Waals surface area contributed by atoms with Gasteiger partial charge in [-0.05, 0) is 49.2 Å². The maximum Gasteiger partial charge on any atom is 0.341 e. The summed E-state index contributed by atoms with van der Waals surface area (Å²) in [6.45, 7) is 4.05. The molecule has 0 spiro atoms. The molecule has 0 atom stereocenters. The van der Waals surface area contributed by atoms with Gasteiger partial charge in [0.1, 0.15) is 0 Å². The van der Waals surface area contributed by atoms with E-state index in [1.165, 1.54) is 16.9 Å². The molecule has 0 fully saturated rings. The standard InChI is InChI=1S/C28H22BrNO3S2/c1-3-33-27(32)22-21-15-17(2)13-14-30(21)24-23(22)26(25(31)19-7-5-4-6-8-19)35-28(24)34-16-18-9-11-20(29)12-10-18/h4-15H,3,16H2,1-2H3. The van der Waals surface area contributed by atoms with Gasteiger partial charge >= 0.3 is 5.97 Å². The number of benzene rings is 2. The molecule has 0 bridgehead atoms. The molecule has 35 heavy (non-hydrogen) atoms. The first-order valence-corrected chi connectivity index (χ1v) is 13.8. The van der Waals surface area contributed by atoms with Crippen LogP contribution in [0.1, 0.15) is 43.6 Å². The van der Waals surface area contributed by atoms with E-state index in [0.29, 0.717) is 21.4 Å². The third kappa shape index (κ3) is 4.56. The van der Waals surface area contributed by atoms with Crippen LogP contribution in [0.25, 0.3) is 16.4 Å². The van der Waals surface area contributed by atoms with Crippen molar-refractivity contribution in [1.82, 2.24) is 4.40 Å². The lowest BCUT2D eigenvalue weighted by molar-refractivity contribution is 0.0531. The van der Waals surface area contributed by atoms with E-state index in [2.05, 4.69) is 28.1 Å². The molecule has 0 saturated heterocycles. The number of nitrogens with zero attached hydrogens (tertiary/aromatic N) is 1. The van der Waals surface area contributed by atoms with Gasteiger partial charge in [0, 0.05) is 27.4 Å². The summed E-state index contributed by atoms with van der Waals surface area (Å²) in [7, 11) is 0. The van der Waals surface area contributed by atoms with Crippen LogP contribution in [0, 0.1) is 6.92 Å². The fourth-order valence-electron chi connectivity index (χ4n) is 4.09. The molecule has 5 rings (SSSR count). The summed E-state index contributed by atoms with van der Waals surface area (Å²) in [5.41, 5.74) is 4.91. The molecule has 0 aliphatic carbocycles. The number of esters is 1. The quantitative estimate of drug-likeness (QED) is 0.114. The van der Waals surface area contributed by atoms with Crippen LogP contribution in [-0.4, -0.2) is 22.8 Å². The van der Waals surface area contributed by atoms with Crippen molar-refractivity contribution in [1.29, 1.82) is 0 Å². The highest BCUT2D eigenvalue weighted by Gasteiger charge is 2.29. The maximum absolute atomic E-state index is 13.7. The molecule has 3 heterocycles. The number of ether oxygens (including phenoxy) is 1. The largest absolute Gasteiger partial charge is 0.462 e. The average molecular weight is 565 g/mol. The zero-order valence-electron chi connectivity index (χ0n) is 19.2. The molecule has 176 valence electrons. The smallest absolute Gasteiger partial charge is 0.341 e. The molecular weight excluding hydrogens is 542 g/mol. The predicted octanol–water partition coefficient (Wildman–Crippen LogP) is 7.92. The number of fused-ring (bicyclic) bond motifs is 3. The molecule has 0 aliphatic heterocycles. The molecular formula is C28H22BrNO3S2. The molecule has 0 aliphatic rings. The normalized spacial score (nSPS) is 11.3. The van der Waals surface area contributed by atoms with Crippen LogP contribution in [0.15, 0.2) is 81.6 Å². The Bertz CT molecular complexity index is 1550. The molecule has 7 heteroatoms. The van der Waals surface area contributed by atoms with Crippen molar-refractivity contribution in [3.63, 3.8) is 0 Å². The Hall–Kier alpha value is -2.87. The van der Waals surface area contributed by atoms with Crippen molar-refractivity contribution in [2.45, 2.75) is 23.8 Å². The number of aromatic nitrogens is 1. The number of carbonyl (C=O) groups excluding carboxylic acids is 2. The predicted molar refractivity (Wildman–Crippen MR) is 147 cm³/mol. The van der Waals surface area contributed by atoms with Gasteiger partial charge in [0.25, 0.3) is 0 Å². The van der Waals surface area contributed by atoms with Crippen LogP contribution in [0.4, 0.5) is 0 Å². The van der Waals surface area contributed by atoms with Crippen molar-refractivity contribution >= 4 is 67.2 Å². The fraction of sp³-hybridized carbons (Fsp3) is 0.143. The minimum Gasteiger partial charge on any atom is -0.462 e. The number of rotatable bonds is 7. The van der Waals surface area contributed by atoms with Crippen molar-refractivity contribution < 1.29 is 14.3 Å². The van der Waals surface area contributed by atoms with Crippen molar-refractivity contribution in [2.24, 2.45) is 0 Å². The highest BCUT2D eigenvalue weighted by atomic mass is 79.9. The van der Waals surface area contributed by atoms with Crippen molar-refractivity contribution in [3.8, 4) is 0 Å². The van der Waals surface area contributed by atoms with Crippen molar-refractivity contribution in [3.05, 3.63) is 105 Å². The summed E-state index contributed by atoms with van der Waals surface area (Å²) >= 11 is 6.61. The zero-order chi connectivity index (χ0) is 24.5. The number of pyridine rings is 1. The van der Waals surface area contributed by atoms with E-state index in [1.54, 1.807) is 18.7 Å². The summed E-state index contributed by atoms with van der Waals surface area (Å²) < 4.78 is 9.52. The van der Waals surface area contributed by atoms with Crippen LogP contribution in [0.3, 0.4) is 0 Å². The topological polar surface area (TPSA) is 47.8 Å². The van der Waals surface area contributed by atoms with Gasteiger partial charge in [0.05, 0.1) is 32.3 Å². The molecule has 0 saturated carbocycles. The van der Waals surface area contributed by atoms with Crippen LogP contribution in [0.2, 0.25) is 0 Å². The Morgan fingerprint density at radius 1 is 1.06 bits per heavy atom. The number of hydrogen-bond donors (Lipinski definition) is 0. The Kier molecular flexibility index (Phi) is 6.82. The van der Waals surface area contributed by atoms with E-state index in [1.807, 2.05) is 72.1 Å². The highest BCUT2D eigenvalue weighted by molar-refractivity contribution is 9.10. The minimum atomic E-state index is -0.407. The lowest BCUT2D eigenvalue weighted by atomic mass is 10.1. The van der Waals surface area contributed by atoms with E-state index in [-0.39, 0.29) is 12.4 Å². The van der Waals surface area contributed by atoms with Gasteiger partial charge in [0.2, 0.25) is 5.78 Å². The molecule has 3 aromatic heterocycles. The summed E-state index contributed by atoms with van der Waals surface area (Å²) in [5.74, 6) is 0.250. The monoisotopic (exact) mass is 563 g/mol. The number of hydrogen-bond acceptors (Lipinski definition) is 5. The Morgan fingerprint density at radius 2 is 1.80 bits per heavy atom. The van der Waals surface area contributed by atoms with E-state index < -0.39 is 5.97 Å². The highest BCUT2D eigenvalue weighted by Crippen LogP contribution is 2.44. The summed E-state index contributed by atoms with van der Waals surface area (Å²) in [4.78, 5) is 27.5. The Morgan fingerprint density at radius 3 is 2.51 bits per heavy atom. The van der Waals surface area contributed by atoms with Crippen LogP contribution in [0.5, 0.6) is 0 Å². The van der Waals surface area contributed by atoms with Crippen molar-refractivity contribution in [2.75, 3.05) is 6.61 Å². The lowest BCUT2D eigenvalue weighted by Crippen LogP contribution is -2.06. The Balaban J connectivity index is 1.74. The summed E-state index contributed by atoms with van der Waals surface area (Å²) in [6, 6.07) is 21.4. The first kappa shape index (κ1) is 23.9. The van der Waals surface area contributed by atoms with E-state index >= 15 is 0 Å². The second-order valence-electron chi connectivity index (χ2n) is 8.11. The van der Waals surface area contributed by atoms with Gasteiger partial charge < -0.3 is 9.14 Å². The second-order valence-corrected chi connectivity index (χ2v) is 11.3. The van der Waals surface area contributed by atoms with E-state index in [0.717, 1.165) is 31.0 Å². The molecule has 4 nitrogen and oxygen atoms in total. The number of carbonyl (C=O) groups is 2. The van der Waals surface area contributed by atoms with Crippen LogP contribution < -0.4 is 0 Å². The molecule has 0 N–H and O–H groups in total. The van der Waals surface area contributed by atoms with Gasteiger partial charge in [-0.1, -0.05) is 58.4 Å². The Labute approximate surface area is 220 Å². The van der Waals surface area contributed by atoms with Gasteiger partial charge in [-0.15, -0.1) is 23.1 Å². The number of thiophene rings is 1. The van der Waals surface area contributed by atoms with Gasteiger partial charge in [-0.25, -0.2) is 4.79 Å². The van der Waals surface area contributed by atoms with E-state index in [9.17, 15) is 9.59 Å². The minimum absolute atomic E-state index is 0.0886. The molecule has 2 aromatic carbocycles. The molecule has 0 unspecified atom stereocenters. The number of halogens is 1. The SMILES string of the molecule is CCOC(=O)c1c2c(C(=O)c3ccccc3)sc(SCc3ccc(Br)cc3)c2n2ccc(C)cc12. The third-order valence-electron chi connectivity index (χ3n) is 5.71. The second kappa shape index (κ2) is 10.0. The van der Waals surface area contributed by atoms with Gasteiger partial charge in [-0.3, -0.25) is 4.79 Å². The summed E-state index contributed by atoms with van der Waals surface area (Å²) in [5, 5.41) is 0.672. The lowest BCUT2D eigenvalue weighted by Gasteiger charge is -2.05. The molecule has 0 radical (unpaired) electrons. The maximum atomic E-state index is 13.7. The van der Waals surface area contributed by atoms with E-state index in [4.69, 9.17) is 4.74 Å². The average Bonchev–Trinajstić information content (AvgIpc) is 3.39. The third-order valence-corrected chi connectivity index (χ3v) is 8.75. The number of aryl methyl sites for hydroxylation is 1. The first-order valence-electron chi connectivity index (χ1n) is 11.2. The molecule has 0 amide bonds.